The van der Waals surface area contributed by atoms with Gasteiger partial charge in [0, 0.05) is 22.3 Å². The Morgan fingerprint density at radius 1 is 1.56 bits per heavy atom. The van der Waals surface area contributed by atoms with E-state index in [1.807, 2.05) is 6.92 Å². The molecule has 1 aliphatic rings. The van der Waals surface area contributed by atoms with Crippen LogP contribution in [0.15, 0.2) is 23.1 Å². The van der Waals surface area contributed by atoms with Gasteiger partial charge in [0.2, 0.25) is 0 Å². The van der Waals surface area contributed by atoms with E-state index in [0.29, 0.717) is 16.4 Å². The van der Waals surface area contributed by atoms with Crippen LogP contribution in [0.2, 0.25) is 0 Å². The van der Waals surface area contributed by atoms with E-state index in [9.17, 15) is 4.79 Å². The third-order valence-electron chi connectivity index (χ3n) is 3.08. The number of hydrogen-bond donors (Lipinski definition) is 0. The normalized spacial score (nSPS) is 22.7. The van der Waals surface area contributed by atoms with Crippen molar-refractivity contribution < 1.29 is 9.53 Å². The van der Waals surface area contributed by atoms with Gasteiger partial charge < -0.3 is 4.74 Å². The molecular weight excluding hydrogens is 246 g/mol. The van der Waals surface area contributed by atoms with Gasteiger partial charge in [-0.1, -0.05) is 0 Å². The van der Waals surface area contributed by atoms with Gasteiger partial charge in [-0.2, -0.15) is 5.26 Å². The standard InChI is InChI=1S/C14H15NO2S/c1-9(16)12-4-3-11(8-15)7-14(12)18-13-5-6-17-10(13)2/h3-4,7,10,13H,5-6H2,1-2H3. The Labute approximate surface area is 111 Å². The van der Waals surface area contributed by atoms with Gasteiger partial charge in [-0.3, -0.25) is 4.79 Å². The molecule has 2 unspecified atom stereocenters. The molecule has 0 aliphatic carbocycles. The maximum atomic E-state index is 11.6. The van der Waals surface area contributed by atoms with Gasteiger partial charge in [-0.15, -0.1) is 11.8 Å². The Balaban J connectivity index is 2.29. The second-order valence-electron chi connectivity index (χ2n) is 4.40. The van der Waals surface area contributed by atoms with Crippen LogP contribution in [0.3, 0.4) is 0 Å². The molecule has 1 fully saturated rings. The molecule has 0 amide bonds. The van der Waals surface area contributed by atoms with Crippen LogP contribution in [-0.2, 0) is 4.74 Å². The first-order valence-electron chi connectivity index (χ1n) is 5.95. The summed E-state index contributed by atoms with van der Waals surface area (Å²) in [5.41, 5.74) is 1.28. The minimum Gasteiger partial charge on any atom is -0.377 e. The van der Waals surface area contributed by atoms with Crippen molar-refractivity contribution in [3.8, 4) is 6.07 Å². The molecule has 0 aromatic heterocycles. The quantitative estimate of drug-likeness (QED) is 0.785. The lowest BCUT2D eigenvalue weighted by molar-refractivity contribution is 0.101. The van der Waals surface area contributed by atoms with Gasteiger partial charge in [-0.05, 0) is 38.5 Å². The number of nitrogens with zero attached hydrogens (tertiary/aromatic N) is 1. The summed E-state index contributed by atoms with van der Waals surface area (Å²) in [6, 6.07) is 7.34. The zero-order chi connectivity index (χ0) is 13.1. The summed E-state index contributed by atoms with van der Waals surface area (Å²) in [5, 5.41) is 9.29. The van der Waals surface area contributed by atoms with Gasteiger partial charge in [0.15, 0.2) is 5.78 Å². The maximum absolute atomic E-state index is 11.6. The number of carbonyl (C=O) groups excluding carboxylic acids is 1. The minimum absolute atomic E-state index is 0.0357. The monoisotopic (exact) mass is 261 g/mol. The van der Waals surface area contributed by atoms with Gasteiger partial charge >= 0.3 is 0 Å². The molecule has 4 heteroatoms. The van der Waals surface area contributed by atoms with Crippen LogP contribution in [0.4, 0.5) is 0 Å². The van der Waals surface area contributed by atoms with E-state index >= 15 is 0 Å². The fourth-order valence-corrected chi connectivity index (χ4v) is 3.35. The number of ketones is 1. The molecule has 1 aromatic rings. The number of rotatable bonds is 3. The molecule has 1 saturated heterocycles. The van der Waals surface area contributed by atoms with Gasteiger partial charge in [0.25, 0.3) is 0 Å². The summed E-state index contributed by atoms with van der Waals surface area (Å²) >= 11 is 1.65. The fraction of sp³-hybridized carbons (Fsp3) is 0.429. The van der Waals surface area contributed by atoms with E-state index in [-0.39, 0.29) is 11.9 Å². The summed E-state index contributed by atoms with van der Waals surface area (Å²) in [6.45, 7) is 4.37. The lowest BCUT2D eigenvalue weighted by atomic mass is 10.1. The van der Waals surface area contributed by atoms with E-state index in [0.717, 1.165) is 17.9 Å². The summed E-state index contributed by atoms with van der Waals surface area (Å²) in [7, 11) is 0. The molecular formula is C14H15NO2S. The molecule has 2 rings (SSSR count). The van der Waals surface area contributed by atoms with Crippen LogP contribution in [0.25, 0.3) is 0 Å². The highest BCUT2D eigenvalue weighted by Gasteiger charge is 2.26. The lowest BCUT2D eigenvalue weighted by Gasteiger charge is -2.15. The molecule has 2 atom stereocenters. The fourth-order valence-electron chi connectivity index (χ4n) is 2.01. The van der Waals surface area contributed by atoms with Crippen molar-refractivity contribution in [2.45, 2.75) is 36.5 Å². The van der Waals surface area contributed by atoms with Crippen molar-refractivity contribution in [1.29, 1.82) is 5.26 Å². The van der Waals surface area contributed by atoms with Crippen LogP contribution in [0.5, 0.6) is 0 Å². The van der Waals surface area contributed by atoms with Crippen molar-refractivity contribution in [1.82, 2.24) is 0 Å². The van der Waals surface area contributed by atoms with Gasteiger partial charge in [0.05, 0.1) is 17.7 Å². The van der Waals surface area contributed by atoms with Crippen LogP contribution in [0.1, 0.15) is 36.2 Å². The Morgan fingerprint density at radius 2 is 2.33 bits per heavy atom. The van der Waals surface area contributed by atoms with Crippen molar-refractivity contribution in [2.24, 2.45) is 0 Å². The number of benzene rings is 1. The molecule has 94 valence electrons. The molecule has 1 aromatic carbocycles. The number of nitriles is 1. The van der Waals surface area contributed by atoms with E-state index in [1.165, 1.54) is 0 Å². The molecule has 18 heavy (non-hydrogen) atoms. The number of ether oxygens (including phenoxy) is 1. The second kappa shape index (κ2) is 5.55. The molecule has 1 heterocycles. The molecule has 0 radical (unpaired) electrons. The molecule has 0 spiro atoms. The highest BCUT2D eigenvalue weighted by molar-refractivity contribution is 8.00. The number of hydrogen-bond acceptors (Lipinski definition) is 4. The molecule has 1 aliphatic heterocycles. The van der Waals surface area contributed by atoms with Crippen LogP contribution in [-0.4, -0.2) is 23.7 Å². The first kappa shape index (κ1) is 13.1. The Morgan fingerprint density at radius 3 is 2.89 bits per heavy atom. The summed E-state index contributed by atoms with van der Waals surface area (Å²) in [6.07, 6.45) is 1.18. The van der Waals surface area contributed by atoms with Crippen molar-refractivity contribution in [3.05, 3.63) is 29.3 Å². The average Bonchev–Trinajstić information content (AvgIpc) is 2.74. The first-order valence-corrected chi connectivity index (χ1v) is 6.83. The van der Waals surface area contributed by atoms with Crippen LogP contribution >= 0.6 is 11.8 Å². The molecule has 0 bridgehead atoms. The predicted octanol–water partition coefficient (Wildman–Crippen LogP) is 3.03. The molecule has 3 nitrogen and oxygen atoms in total. The SMILES string of the molecule is CC(=O)c1ccc(C#N)cc1SC1CCOC1C. The third kappa shape index (κ3) is 2.74. The van der Waals surface area contributed by atoms with E-state index in [1.54, 1.807) is 36.9 Å². The highest BCUT2D eigenvalue weighted by Crippen LogP contribution is 2.35. The number of Topliss-reactive ketones (excluding diaryl/α,β-unsaturated/α-hetero) is 1. The smallest absolute Gasteiger partial charge is 0.160 e. The predicted molar refractivity (Wildman–Crippen MR) is 70.8 cm³/mol. The van der Waals surface area contributed by atoms with E-state index in [4.69, 9.17) is 10.00 Å². The molecule has 0 N–H and O–H groups in total. The lowest BCUT2D eigenvalue weighted by Crippen LogP contribution is -2.13. The zero-order valence-electron chi connectivity index (χ0n) is 10.5. The number of carbonyl (C=O) groups is 1. The van der Waals surface area contributed by atoms with E-state index < -0.39 is 0 Å². The van der Waals surface area contributed by atoms with Crippen molar-refractivity contribution >= 4 is 17.5 Å². The maximum Gasteiger partial charge on any atom is 0.160 e. The van der Waals surface area contributed by atoms with Crippen molar-refractivity contribution in [3.63, 3.8) is 0 Å². The highest BCUT2D eigenvalue weighted by atomic mass is 32.2. The first-order chi connectivity index (χ1) is 8.61. The van der Waals surface area contributed by atoms with E-state index in [2.05, 4.69) is 6.07 Å². The average molecular weight is 261 g/mol. The van der Waals surface area contributed by atoms with Gasteiger partial charge in [0.1, 0.15) is 0 Å². The zero-order valence-corrected chi connectivity index (χ0v) is 11.3. The Bertz CT molecular complexity index is 507. The summed E-state index contributed by atoms with van der Waals surface area (Å²) < 4.78 is 5.52. The van der Waals surface area contributed by atoms with Crippen LogP contribution < -0.4 is 0 Å². The minimum atomic E-state index is 0.0357. The Hall–Kier alpha value is -1.31. The molecule has 0 saturated carbocycles. The number of thioether (sulfide) groups is 1. The Kier molecular flexibility index (Phi) is 4.05. The summed E-state index contributed by atoms with van der Waals surface area (Å²) in [4.78, 5) is 12.5. The van der Waals surface area contributed by atoms with Crippen LogP contribution in [0, 0.1) is 11.3 Å². The second-order valence-corrected chi connectivity index (χ2v) is 5.68. The largest absolute Gasteiger partial charge is 0.377 e. The third-order valence-corrected chi connectivity index (χ3v) is 4.59. The van der Waals surface area contributed by atoms with Gasteiger partial charge in [-0.25, -0.2) is 0 Å². The topological polar surface area (TPSA) is 50.1 Å². The summed E-state index contributed by atoms with van der Waals surface area (Å²) in [5.74, 6) is 0.0357. The van der Waals surface area contributed by atoms with Crippen molar-refractivity contribution in [2.75, 3.05) is 6.61 Å².